The van der Waals surface area contributed by atoms with Gasteiger partial charge >= 0.3 is 6.09 Å². The second kappa shape index (κ2) is 9.02. The number of aromatic hydroxyl groups is 1. The number of amides is 2. The first-order valence-corrected chi connectivity index (χ1v) is 7.78. The lowest BCUT2D eigenvalue weighted by Crippen LogP contribution is -2.33. The lowest BCUT2D eigenvalue weighted by atomic mass is 10.1. The van der Waals surface area contributed by atoms with E-state index in [2.05, 4.69) is 10.6 Å². The monoisotopic (exact) mass is 322 g/mol. The van der Waals surface area contributed by atoms with Gasteiger partial charge in [-0.05, 0) is 51.3 Å². The van der Waals surface area contributed by atoms with Gasteiger partial charge in [0, 0.05) is 19.5 Å². The molecule has 0 aliphatic rings. The zero-order chi connectivity index (χ0) is 17.3. The second-order valence-electron chi connectivity index (χ2n) is 6.30. The zero-order valence-electron chi connectivity index (χ0n) is 14.0. The van der Waals surface area contributed by atoms with Gasteiger partial charge in [0.05, 0.1) is 0 Å². The van der Waals surface area contributed by atoms with Crippen molar-refractivity contribution in [1.29, 1.82) is 0 Å². The van der Waals surface area contributed by atoms with Crippen molar-refractivity contribution in [3.8, 4) is 5.75 Å². The molecule has 0 unspecified atom stereocenters. The van der Waals surface area contributed by atoms with Crippen molar-refractivity contribution < 1.29 is 19.4 Å². The molecule has 1 rings (SSSR count). The molecule has 1 aromatic carbocycles. The van der Waals surface area contributed by atoms with Crippen LogP contribution in [0.4, 0.5) is 4.79 Å². The van der Waals surface area contributed by atoms with Crippen LogP contribution in [-0.2, 0) is 16.0 Å². The van der Waals surface area contributed by atoms with E-state index in [1.165, 1.54) is 0 Å². The summed E-state index contributed by atoms with van der Waals surface area (Å²) in [7, 11) is 0. The van der Waals surface area contributed by atoms with E-state index < -0.39 is 11.7 Å². The number of carbonyl (C=O) groups is 2. The number of ether oxygens (including phenoxy) is 1. The van der Waals surface area contributed by atoms with Crippen molar-refractivity contribution in [2.75, 3.05) is 13.1 Å². The van der Waals surface area contributed by atoms with Gasteiger partial charge in [-0.3, -0.25) is 4.79 Å². The predicted octanol–water partition coefficient (Wildman–Crippen LogP) is 2.36. The Labute approximate surface area is 137 Å². The standard InChI is InChI=1S/C17H26N2O4/c1-17(2,3)23-16(22)19-11-4-5-15(21)18-12-10-13-6-8-14(20)9-7-13/h6-9,20H,4-5,10-12H2,1-3H3,(H,18,21)(H,19,22). The third kappa shape index (κ3) is 9.39. The predicted molar refractivity (Wildman–Crippen MR) is 88.3 cm³/mol. The average molecular weight is 322 g/mol. The van der Waals surface area contributed by atoms with Gasteiger partial charge in [-0.1, -0.05) is 12.1 Å². The van der Waals surface area contributed by atoms with Gasteiger partial charge in [-0.15, -0.1) is 0 Å². The fourth-order valence-electron chi connectivity index (χ4n) is 1.85. The molecule has 128 valence electrons. The summed E-state index contributed by atoms with van der Waals surface area (Å²) < 4.78 is 5.10. The Morgan fingerprint density at radius 2 is 1.74 bits per heavy atom. The van der Waals surface area contributed by atoms with Gasteiger partial charge in [0.1, 0.15) is 11.4 Å². The molecule has 2 amide bonds. The van der Waals surface area contributed by atoms with Crippen LogP contribution in [0.25, 0.3) is 0 Å². The van der Waals surface area contributed by atoms with Crippen LogP contribution in [0.2, 0.25) is 0 Å². The molecule has 0 saturated heterocycles. The van der Waals surface area contributed by atoms with Gasteiger partial charge in [0.15, 0.2) is 0 Å². The summed E-state index contributed by atoms with van der Waals surface area (Å²) in [6.45, 7) is 6.35. The molecule has 6 nitrogen and oxygen atoms in total. The summed E-state index contributed by atoms with van der Waals surface area (Å²) in [5.74, 6) is 0.185. The van der Waals surface area contributed by atoms with E-state index >= 15 is 0 Å². The van der Waals surface area contributed by atoms with Gasteiger partial charge in [0.25, 0.3) is 0 Å². The van der Waals surface area contributed by atoms with Crippen LogP contribution < -0.4 is 10.6 Å². The van der Waals surface area contributed by atoms with Crippen LogP contribution in [0, 0.1) is 0 Å². The molecular formula is C17H26N2O4. The van der Waals surface area contributed by atoms with E-state index in [1.807, 2.05) is 12.1 Å². The molecule has 0 aliphatic heterocycles. The average Bonchev–Trinajstić information content (AvgIpc) is 2.44. The molecule has 0 saturated carbocycles. The highest BCUT2D eigenvalue weighted by Gasteiger charge is 2.15. The maximum Gasteiger partial charge on any atom is 0.407 e. The van der Waals surface area contributed by atoms with E-state index in [0.29, 0.717) is 32.4 Å². The van der Waals surface area contributed by atoms with E-state index in [-0.39, 0.29) is 11.7 Å². The molecule has 1 aromatic rings. The summed E-state index contributed by atoms with van der Waals surface area (Å²) in [6, 6.07) is 6.90. The highest BCUT2D eigenvalue weighted by atomic mass is 16.6. The minimum atomic E-state index is -0.518. The fourth-order valence-corrected chi connectivity index (χ4v) is 1.85. The molecule has 0 radical (unpaired) electrons. The first-order chi connectivity index (χ1) is 10.8. The number of rotatable bonds is 7. The first kappa shape index (κ1) is 18.8. The van der Waals surface area contributed by atoms with E-state index in [9.17, 15) is 14.7 Å². The van der Waals surface area contributed by atoms with Crippen molar-refractivity contribution in [3.63, 3.8) is 0 Å². The molecule has 0 aliphatic carbocycles. The minimum absolute atomic E-state index is 0.0465. The number of alkyl carbamates (subject to hydrolysis) is 1. The lowest BCUT2D eigenvalue weighted by molar-refractivity contribution is -0.121. The summed E-state index contributed by atoms with van der Waals surface area (Å²) in [6.07, 6.45) is 1.16. The van der Waals surface area contributed by atoms with Gasteiger partial charge < -0.3 is 20.5 Å². The third-order valence-electron chi connectivity index (χ3n) is 2.92. The topological polar surface area (TPSA) is 87.7 Å². The molecular weight excluding hydrogens is 296 g/mol. The summed E-state index contributed by atoms with van der Waals surface area (Å²) >= 11 is 0. The molecule has 0 fully saturated rings. The zero-order valence-corrected chi connectivity index (χ0v) is 14.0. The first-order valence-electron chi connectivity index (χ1n) is 7.78. The van der Waals surface area contributed by atoms with Crippen LogP contribution in [-0.4, -0.2) is 35.8 Å². The van der Waals surface area contributed by atoms with Gasteiger partial charge in [-0.2, -0.15) is 0 Å². The Morgan fingerprint density at radius 3 is 2.35 bits per heavy atom. The maximum absolute atomic E-state index is 11.7. The minimum Gasteiger partial charge on any atom is -0.508 e. The molecule has 6 heteroatoms. The van der Waals surface area contributed by atoms with Gasteiger partial charge in [0.2, 0.25) is 5.91 Å². The normalized spacial score (nSPS) is 10.9. The Bertz CT molecular complexity index is 506. The van der Waals surface area contributed by atoms with Gasteiger partial charge in [-0.25, -0.2) is 4.79 Å². The molecule has 0 bridgehead atoms. The Hall–Kier alpha value is -2.24. The van der Waals surface area contributed by atoms with Crippen molar-refractivity contribution in [2.24, 2.45) is 0 Å². The third-order valence-corrected chi connectivity index (χ3v) is 2.92. The summed E-state index contributed by atoms with van der Waals surface area (Å²) in [4.78, 5) is 23.1. The van der Waals surface area contributed by atoms with E-state index in [4.69, 9.17) is 4.74 Å². The molecule has 0 heterocycles. The van der Waals surface area contributed by atoms with Crippen LogP contribution in [0.15, 0.2) is 24.3 Å². The quantitative estimate of drug-likeness (QED) is 0.673. The van der Waals surface area contributed by atoms with Crippen LogP contribution in [0.5, 0.6) is 5.75 Å². The Balaban J connectivity index is 2.08. The van der Waals surface area contributed by atoms with Crippen LogP contribution in [0.3, 0.4) is 0 Å². The molecule has 0 atom stereocenters. The van der Waals surface area contributed by atoms with Crippen molar-refractivity contribution >= 4 is 12.0 Å². The Kier molecular flexibility index (Phi) is 7.38. The number of phenols is 1. The molecule has 3 N–H and O–H groups in total. The molecule has 0 aromatic heterocycles. The summed E-state index contributed by atoms with van der Waals surface area (Å²) in [5.41, 5.74) is 0.532. The second-order valence-corrected chi connectivity index (χ2v) is 6.30. The lowest BCUT2D eigenvalue weighted by Gasteiger charge is -2.19. The van der Waals surface area contributed by atoms with Crippen molar-refractivity contribution in [2.45, 2.75) is 45.6 Å². The van der Waals surface area contributed by atoms with E-state index in [1.54, 1.807) is 32.9 Å². The smallest absolute Gasteiger partial charge is 0.407 e. The number of phenolic OH excluding ortho intramolecular Hbond substituents is 1. The van der Waals surface area contributed by atoms with Crippen molar-refractivity contribution in [3.05, 3.63) is 29.8 Å². The number of benzene rings is 1. The highest BCUT2D eigenvalue weighted by molar-refractivity contribution is 5.76. The largest absolute Gasteiger partial charge is 0.508 e. The van der Waals surface area contributed by atoms with Crippen LogP contribution in [0.1, 0.15) is 39.2 Å². The SMILES string of the molecule is CC(C)(C)OC(=O)NCCCC(=O)NCCc1ccc(O)cc1. The fraction of sp³-hybridized carbons (Fsp3) is 0.529. The Morgan fingerprint density at radius 1 is 1.09 bits per heavy atom. The number of hydrogen-bond donors (Lipinski definition) is 3. The molecule has 23 heavy (non-hydrogen) atoms. The van der Waals surface area contributed by atoms with E-state index in [0.717, 1.165) is 5.56 Å². The number of hydrogen-bond acceptors (Lipinski definition) is 4. The highest BCUT2D eigenvalue weighted by Crippen LogP contribution is 2.09. The summed E-state index contributed by atoms with van der Waals surface area (Å²) in [5, 5.41) is 14.6. The number of nitrogens with one attached hydrogen (secondary N) is 2. The maximum atomic E-state index is 11.7. The van der Waals surface area contributed by atoms with Crippen LogP contribution >= 0.6 is 0 Å². The number of carbonyl (C=O) groups excluding carboxylic acids is 2. The van der Waals surface area contributed by atoms with Crippen molar-refractivity contribution in [1.82, 2.24) is 10.6 Å². The molecule has 0 spiro atoms.